The molecule has 1 aliphatic carbocycles. The van der Waals surface area contributed by atoms with E-state index in [2.05, 4.69) is 38.4 Å². The van der Waals surface area contributed by atoms with E-state index >= 15 is 0 Å². The van der Waals surface area contributed by atoms with Crippen molar-refractivity contribution in [2.75, 3.05) is 5.32 Å². The number of fused-ring (bicyclic) bond motifs is 1. The van der Waals surface area contributed by atoms with Gasteiger partial charge in [0.2, 0.25) is 0 Å². The Labute approximate surface area is 207 Å². The third-order valence-corrected chi connectivity index (χ3v) is 6.74. The highest BCUT2D eigenvalue weighted by molar-refractivity contribution is 9.10. The summed E-state index contributed by atoms with van der Waals surface area (Å²) in [5, 5.41) is 3.52. The van der Waals surface area contributed by atoms with Gasteiger partial charge in [0, 0.05) is 46.6 Å². The number of halogens is 1. The number of rotatable bonds is 8. The van der Waals surface area contributed by atoms with Crippen molar-refractivity contribution in [2.45, 2.75) is 38.5 Å². The number of anilines is 1. The maximum Gasteiger partial charge on any atom is 0.163 e. The van der Waals surface area contributed by atoms with Gasteiger partial charge < -0.3 is 14.6 Å². The number of Topliss-reactive ketones (excluding diaryl/α,β-unsaturated/α-hetero) is 1. The van der Waals surface area contributed by atoms with Crippen molar-refractivity contribution in [2.24, 2.45) is 0 Å². The normalized spacial score (nSPS) is 13.9. The van der Waals surface area contributed by atoms with Crippen LogP contribution in [0.5, 0.6) is 5.75 Å². The van der Waals surface area contributed by atoms with Crippen molar-refractivity contribution in [1.29, 1.82) is 0 Å². The van der Waals surface area contributed by atoms with E-state index in [1.54, 1.807) is 12.5 Å². The molecule has 4 aromatic rings. The number of benzene rings is 3. The quantitative estimate of drug-likeness (QED) is 0.287. The number of ether oxygens (including phenoxy) is 1. The first-order valence-electron chi connectivity index (χ1n) is 11.5. The minimum atomic E-state index is -0.195. The van der Waals surface area contributed by atoms with Crippen LogP contribution in [-0.2, 0) is 19.5 Å². The maximum atomic E-state index is 12.6. The fourth-order valence-corrected chi connectivity index (χ4v) is 4.72. The van der Waals surface area contributed by atoms with Crippen molar-refractivity contribution in [3.05, 3.63) is 112 Å². The fraction of sp³-hybridized carbons (Fsp3) is 0.214. The molecule has 1 N–H and O–H groups in total. The summed E-state index contributed by atoms with van der Waals surface area (Å²) in [6.45, 7) is 1.22. The summed E-state index contributed by atoms with van der Waals surface area (Å²) in [4.78, 5) is 16.8. The summed E-state index contributed by atoms with van der Waals surface area (Å²) in [6.07, 6.45) is 7.70. The highest BCUT2D eigenvalue weighted by atomic mass is 79.9. The lowest BCUT2D eigenvalue weighted by Gasteiger charge is -2.26. The minimum Gasteiger partial charge on any atom is -0.483 e. The SMILES string of the molecule is O=C1CCCc2c1ccc(O[C@H](Cn1ccnc1)c1ccccc1)c2CNc1ccc(Br)cc1. The van der Waals surface area contributed by atoms with E-state index in [0.29, 0.717) is 19.5 Å². The van der Waals surface area contributed by atoms with Gasteiger partial charge in [-0.3, -0.25) is 4.79 Å². The van der Waals surface area contributed by atoms with Crippen molar-refractivity contribution in [1.82, 2.24) is 9.55 Å². The zero-order valence-corrected chi connectivity index (χ0v) is 20.4. The third kappa shape index (κ3) is 5.07. The first-order chi connectivity index (χ1) is 16.7. The standard InChI is InChI=1S/C28H26BrN3O2/c29-21-9-11-22(12-10-21)31-17-25-23-7-4-8-26(33)24(23)13-14-27(25)34-28(18-32-16-15-30-19-32)20-5-2-1-3-6-20/h1-3,5-6,9-16,19,28,31H,4,7-8,17-18H2/t28-/m1/s1. The summed E-state index contributed by atoms with van der Waals surface area (Å²) in [6, 6.07) is 22.2. The molecule has 3 aromatic carbocycles. The van der Waals surface area contributed by atoms with Crippen molar-refractivity contribution in [3.8, 4) is 5.75 Å². The number of nitrogens with one attached hydrogen (secondary N) is 1. The Hall–Kier alpha value is -3.38. The molecular formula is C28H26BrN3O2. The van der Waals surface area contributed by atoms with Crippen LogP contribution < -0.4 is 10.1 Å². The fourth-order valence-electron chi connectivity index (χ4n) is 4.46. The molecule has 0 bridgehead atoms. The maximum absolute atomic E-state index is 12.6. The number of nitrogens with zero attached hydrogens (tertiary/aromatic N) is 2. The second-order valence-corrected chi connectivity index (χ2v) is 9.40. The van der Waals surface area contributed by atoms with Crippen LogP contribution in [0.4, 0.5) is 5.69 Å². The van der Waals surface area contributed by atoms with Gasteiger partial charge in [-0.15, -0.1) is 0 Å². The molecule has 0 spiro atoms. The summed E-state index contributed by atoms with van der Waals surface area (Å²) in [7, 11) is 0. The number of carbonyl (C=O) groups excluding carboxylic acids is 1. The second-order valence-electron chi connectivity index (χ2n) is 8.48. The number of carbonyl (C=O) groups is 1. The van der Waals surface area contributed by atoms with Gasteiger partial charge in [0.05, 0.1) is 12.9 Å². The van der Waals surface area contributed by atoms with E-state index in [-0.39, 0.29) is 11.9 Å². The lowest BCUT2D eigenvalue weighted by molar-refractivity contribution is 0.0972. The van der Waals surface area contributed by atoms with Crippen LogP contribution in [0.2, 0.25) is 0 Å². The molecular weight excluding hydrogens is 490 g/mol. The molecule has 0 fully saturated rings. The number of hydrogen-bond donors (Lipinski definition) is 1. The minimum absolute atomic E-state index is 0.195. The number of hydrogen-bond acceptors (Lipinski definition) is 4. The second kappa shape index (κ2) is 10.3. The van der Waals surface area contributed by atoms with Gasteiger partial charge in [-0.1, -0.05) is 46.3 Å². The smallest absolute Gasteiger partial charge is 0.163 e. The predicted octanol–water partition coefficient (Wildman–Crippen LogP) is 6.60. The van der Waals surface area contributed by atoms with Gasteiger partial charge >= 0.3 is 0 Å². The molecule has 34 heavy (non-hydrogen) atoms. The van der Waals surface area contributed by atoms with Crippen LogP contribution in [-0.4, -0.2) is 15.3 Å². The van der Waals surface area contributed by atoms with E-state index < -0.39 is 0 Å². The molecule has 0 aliphatic heterocycles. The number of imidazole rings is 1. The average molecular weight is 516 g/mol. The highest BCUT2D eigenvalue weighted by Crippen LogP contribution is 2.35. The third-order valence-electron chi connectivity index (χ3n) is 6.21. The molecule has 0 amide bonds. The zero-order valence-electron chi connectivity index (χ0n) is 18.8. The molecule has 1 heterocycles. The van der Waals surface area contributed by atoms with Gasteiger partial charge in [0.1, 0.15) is 11.9 Å². The molecule has 0 unspecified atom stereocenters. The Balaban J connectivity index is 1.49. The molecule has 0 saturated heterocycles. The van der Waals surface area contributed by atoms with Crippen LogP contribution in [0.3, 0.4) is 0 Å². The number of ketones is 1. The summed E-state index contributed by atoms with van der Waals surface area (Å²) < 4.78 is 9.77. The first kappa shape index (κ1) is 22.4. The van der Waals surface area contributed by atoms with Crippen LogP contribution in [0.15, 0.2) is 89.9 Å². The van der Waals surface area contributed by atoms with Crippen LogP contribution in [0.1, 0.15) is 46.0 Å². The first-order valence-corrected chi connectivity index (χ1v) is 12.3. The van der Waals surface area contributed by atoms with Gasteiger partial charge in [-0.25, -0.2) is 4.98 Å². The van der Waals surface area contributed by atoms with Crippen molar-refractivity contribution in [3.63, 3.8) is 0 Å². The Morgan fingerprint density at radius 3 is 2.62 bits per heavy atom. The molecule has 1 aromatic heterocycles. The molecule has 0 saturated carbocycles. The van der Waals surface area contributed by atoms with Gasteiger partial charge in [0.15, 0.2) is 5.78 Å². The topological polar surface area (TPSA) is 56.2 Å². The molecule has 1 atom stereocenters. The van der Waals surface area contributed by atoms with E-state index in [4.69, 9.17) is 4.74 Å². The Bertz CT molecular complexity index is 1260. The summed E-state index contributed by atoms with van der Waals surface area (Å²) in [5.41, 5.74) is 5.11. The molecule has 5 rings (SSSR count). The van der Waals surface area contributed by atoms with Crippen LogP contribution in [0.25, 0.3) is 0 Å². The van der Waals surface area contributed by atoms with Gasteiger partial charge in [-0.05, 0) is 60.4 Å². The van der Waals surface area contributed by atoms with Crippen LogP contribution in [0, 0.1) is 0 Å². The molecule has 1 aliphatic rings. The Kier molecular flexibility index (Phi) is 6.77. The summed E-state index contributed by atoms with van der Waals surface area (Å²) >= 11 is 3.49. The Morgan fingerprint density at radius 1 is 1.03 bits per heavy atom. The largest absolute Gasteiger partial charge is 0.483 e. The van der Waals surface area contributed by atoms with E-state index in [0.717, 1.165) is 51.0 Å². The highest BCUT2D eigenvalue weighted by Gasteiger charge is 2.24. The number of aromatic nitrogens is 2. The van der Waals surface area contributed by atoms with Gasteiger partial charge in [-0.2, -0.15) is 0 Å². The zero-order chi connectivity index (χ0) is 23.3. The van der Waals surface area contributed by atoms with E-state index in [1.807, 2.05) is 65.4 Å². The summed E-state index contributed by atoms with van der Waals surface area (Å²) in [5.74, 6) is 1.03. The molecule has 5 nitrogen and oxygen atoms in total. The van der Waals surface area contributed by atoms with Crippen molar-refractivity contribution >= 4 is 27.4 Å². The monoisotopic (exact) mass is 515 g/mol. The van der Waals surface area contributed by atoms with E-state index in [1.165, 1.54) is 0 Å². The molecule has 172 valence electrons. The van der Waals surface area contributed by atoms with Crippen LogP contribution >= 0.6 is 15.9 Å². The lowest BCUT2D eigenvalue weighted by atomic mass is 9.86. The molecule has 0 radical (unpaired) electrons. The van der Waals surface area contributed by atoms with Gasteiger partial charge in [0.25, 0.3) is 0 Å². The molecule has 6 heteroatoms. The Morgan fingerprint density at radius 2 is 1.85 bits per heavy atom. The van der Waals surface area contributed by atoms with E-state index in [9.17, 15) is 4.79 Å². The predicted molar refractivity (Wildman–Crippen MR) is 137 cm³/mol. The lowest BCUT2D eigenvalue weighted by Crippen LogP contribution is -2.19. The average Bonchev–Trinajstić information content (AvgIpc) is 3.38. The van der Waals surface area contributed by atoms with Crippen molar-refractivity contribution < 1.29 is 9.53 Å².